The Morgan fingerprint density at radius 1 is 1.73 bits per heavy atom. The molecule has 0 rings (SSSR count). The molecule has 0 amide bonds. The van der Waals surface area contributed by atoms with Gasteiger partial charge in [-0.05, 0) is 12.3 Å². The lowest BCUT2D eigenvalue weighted by Crippen LogP contribution is -2.33. The Morgan fingerprint density at radius 3 is 2.45 bits per heavy atom. The van der Waals surface area contributed by atoms with Crippen molar-refractivity contribution < 1.29 is 14.1 Å². The second kappa shape index (κ2) is 3.70. The molecule has 5 nitrogen and oxygen atoms in total. The molecule has 66 valence electrons. The van der Waals surface area contributed by atoms with E-state index >= 15 is 0 Å². The molecule has 11 heavy (non-hydrogen) atoms. The average molecular weight is 180 g/mol. The summed E-state index contributed by atoms with van der Waals surface area (Å²) in [6.07, 6.45) is 0.0914. The zero-order valence-corrected chi connectivity index (χ0v) is 6.84. The normalized spacial score (nSPS) is 18.7. The van der Waals surface area contributed by atoms with Crippen molar-refractivity contribution in [2.45, 2.75) is 12.5 Å². The summed E-state index contributed by atoms with van der Waals surface area (Å²) >= 11 is 0. The largest absolute Gasteiger partial charge is 0.480 e. The third-order valence-corrected chi connectivity index (χ3v) is 2.02. The zero-order chi connectivity index (χ0) is 9.07. The first-order chi connectivity index (χ1) is 4.83. The Morgan fingerprint density at radius 2 is 2.18 bits per heavy atom. The van der Waals surface area contributed by atoms with Gasteiger partial charge in [0, 0.05) is 15.5 Å². The third kappa shape index (κ3) is 5.84. The van der Waals surface area contributed by atoms with Crippen LogP contribution in [-0.4, -0.2) is 32.9 Å². The second-order valence-electron chi connectivity index (χ2n) is 2.31. The lowest BCUT2D eigenvalue weighted by Gasteiger charge is -2.05. The standard InChI is InChI=1S/C5H12N2O3S/c1-11(7,10)3-2-4(6)5(8)9/h4H,1-3,6H2,(H2,7,10)(H,8,9)/t4-,11?/m0/s1. The van der Waals surface area contributed by atoms with E-state index in [1.165, 1.54) is 0 Å². The Labute approximate surface area is 65.5 Å². The fourth-order valence-corrected chi connectivity index (χ4v) is 1.10. The van der Waals surface area contributed by atoms with Crippen molar-refractivity contribution in [1.29, 1.82) is 0 Å². The number of carboxylic acid groups (broad SMARTS) is 1. The quantitative estimate of drug-likeness (QED) is 0.452. The van der Waals surface area contributed by atoms with Crippen molar-refractivity contribution in [3.05, 3.63) is 0 Å². The maximum Gasteiger partial charge on any atom is 0.320 e. The molecule has 0 aliphatic carbocycles. The lowest BCUT2D eigenvalue weighted by molar-refractivity contribution is -0.138. The van der Waals surface area contributed by atoms with Gasteiger partial charge in [-0.2, -0.15) is 0 Å². The van der Waals surface area contributed by atoms with Crippen LogP contribution in [-0.2, 0) is 14.5 Å². The summed E-state index contributed by atoms with van der Waals surface area (Å²) in [6.45, 7) is 0. The highest BCUT2D eigenvalue weighted by molar-refractivity contribution is 7.98. The number of carbonyl (C=O) groups is 1. The van der Waals surface area contributed by atoms with Crippen molar-refractivity contribution in [2.75, 3.05) is 5.75 Å². The highest BCUT2D eigenvalue weighted by Crippen LogP contribution is 1.90. The molecule has 2 atom stereocenters. The van der Waals surface area contributed by atoms with E-state index in [-0.39, 0.29) is 12.2 Å². The van der Waals surface area contributed by atoms with Gasteiger partial charge in [0.15, 0.2) is 0 Å². The van der Waals surface area contributed by atoms with Crippen LogP contribution in [0.3, 0.4) is 0 Å². The van der Waals surface area contributed by atoms with Gasteiger partial charge in [-0.3, -0.25) is 14.1 Å². The minimum atomic E-state index is -2.60. The number of rotatable bonds is 4. The molecule has 1 unspecified atom stereocenters. The average Bonchev–Trinajstić information content (AvgIpc) is 1.80. The number of hydrogen-bond donors (Lipinski definition) is 3. The highest BCUT2D eigenvalue weighted by atomic mass is 32.2. The summed E-state index contributed by atoms with van der Waals surface area (Å²) in [6, 6.07) is -0.999. The summed E-state index contributed by atoms with van der Waals surface area (Å²) in [5.41, 5.74) is 5.12. The first kappa shape index (κ1) is 10.4. The number of carboxylic acids is 1. The van der Waals surface area contributed by atoms with Crippen LogP contribution in [0.15, 0.2) is 0 Å². The predicted octanol–water partition coefficient (Wildman–Crippen LogP) is -1.62. The fraction of sp³-hybridized carbons (Fsp3) is 0.600. The minimum Gasteiger partial charge on any atom is -0.480 e. The van der Waals surface area contributed by atoms with Crippen LogP contribution in [0.2, 0.25) is 0 Å². The van der Waals surface area contributed by atoms with Crippen LogP contribution < -0.4 is 10.9 Å². The van der Waals surface area contributed by atoms with Crippen molar-refractivity contribution >= 4 is 21.5 Å². The summed E-state index contributed by atoms with van der Waals surface area (Å²) in [5.74, 6) is 2.08. The molecule has 0 heterocycles. The second-order valence-corrected chi connectivity index (χ2v) is 4.45. The highest BCUT2D eigenvalue weighted by Gasteiger charge is 2.11. The fourth-order valence-electron chi connectivity index (χ4n) is 0.450. The smallest absolute Gasteiger partial charge is 0.320 e. The molecule has 0 aliphatic heterocycles. The molecule has 0 aromatic heterocycles. The van der Waals surface area contributed by atoms with Gasteiger partial charge in [0.25, 0.3) is 0 Å². The summed E-state index contributed by atoms with van der Waals surface area (Å²) in [5, 5.41) is 13.4. The number of nitrogens with two attached hydrogens (primary N) is 2. The topological polar surface area (TPSA) is 106 Å². The van der Waals surface area contributed by atoms with Crippen LogP contribution in [0.5, 0.6) is 0 Å². The molecular formula is C5H12N2O3S. The molecule has 5 N–H and O–H groups in total. The first-order valence-corrected chi connectivity index (χ1v) is 4.90. The maximum atomic E-state index is 10.7. The van der Waals surface area contributed by atoms with Crippen molar-refractivity contribution in [3.8, 4) is 0 Å². The van der Waals surface area contributed by atoms with E-state index < -0.39 is 21.7 Å². The summed E-state index contributed by atoms with van der Waals surface area (Å²) in [4.78, 5) is 10.1. The summed E-state index contributed by atoms with van der Waals surface area (Å²) in [7, 11) is -2.60. The van der Waals surface area contributed by atoms with Gasteiger partial charge >= 0.3 is 5.97 Å². The van der Waals surface area contributed by atoms with Crippen LogP contribution in [0.4, 0.5) is 0 Å². The van der Waals surface area contributed by atoms with Gasteiger partial charge in [0.05, 0.1) is 0 Å². The van der Waals surface area contributed by atoms with Gasteiger partial charge in [-0.1, -0.05) is 0 Å². The first-order valence-electron chi connectivity index (χ1n) is 2.94. The molecular weight excluding hydrogens is 168 g/mol. The van der Waals surface area contributed by atoms with Gasteiger partial charge in [-0.25, -0.2) is 0 Å². The van der Waals surface area contributed by atoms with E-state index in [4.69, 9.17) is 16.0 Å². The van der Waals surface area contributed by atoms with E-state index in [0.29, 0.717) is 0 Å². The van der Waals surface area contributed by atoms with Gasteiger partial charge in [0.2, 0.25) is 0 Å². The van der Waals surface area contributed by atoms with E-state index in [2.05, 4.69) is 5.87 Å². The predicted molar refractivity (Wildman–Crippen MR) is 44.5 cm³/mol. The van der Waals surface area contributed by atoms with Gasteiger partial charge in [0.1, 0.15) is 6.04 Å². The van der Waals surface area contributed by atoms with Crippen LogP contribution in [0.1, 0.15) is 6.42 Å². The molecule has 0 saturated heterocycles. The zero-order valence-electron chi connectivity index (χ0n) is 6.03. The van der Waals surface area contributed by atoms with E-state index in [1.807, 2.05) is 0 Å². The van der Waals surface area contributed by atoms with Gasteiger partial charge < -0.3 is 10.8 Å². The van der Waals surface area contributed by atoms with Gasteiger partial charge in [-0.15, -0.1) is 0 Å². The van der Waals surface area contributed by atoms with Crippen LogP contribution >= 0.6 is 0 Å². The Bertz CT molecular complexity index is 234. The van der Waals surface area contributed by atoms with Crippen LogP contribution in [0.25, 0.3) is 0 Å². The van der Waals surface area contributed by atoms with E-state index in [0.717, 1.165) is 0 Å². The third-order valence-electron chi connectivity index (χ3n) is 1.09. The van der Waals surface area contributed by atoms with Crippen molar-refractivity contribution in [2.24, 2.45) is 10.9 Å². The monoisotopic (exact) mass is 180 g/mol. The molecule has 0 spiro atoms. The summed E-state index contributed by atoms with van der Waals surface area (Å²) < 4.78 is 10.7. The SMILES string of the molecule is C=S(N)(=O)CC[C@H](N)C(=O)O. The molecule has 6 heteroatoms. The number of aliphatic carboxylic acids is 1. The minimum absolute atomic E-state index is 0.0421. The molecule has 0 radical (unpaired) electrons. The van der Waals surface area contributed by atoms with Crippen molar-refractivity contribution in [1.82, 2.24) is 0 Å². The molecule has 0 fully saturated rings. The van der Waals surface area contributed by atoms with E-state index in [9.17, 15) is 9.00 Å². The molecule has 0 bridgehead atoms. The molecule has 0 aromatic rings. The Hall–Kier alpha value is -0.590. The van der Waals surface area contributed by atoms with Crippen LogP contribution in [0, 0.1) is 0 Å². The van der Waals surface area contributed by atoms with Crippen molar-refractivity contribution in [3.63, 3.8) is 0 Å². The Balaban J connectivity index is 3.82. The number of hydrogen-bond acceptors (Lipinski definition) is 3. The Kier molecular flexibility index (Phi) is 3.50. The lowest BCUT2D eigenvalue weighted by atomic mass is 10.2. The molecule has 0 saturated carbocycles. The molecule has 0 aromatic carbocycles. The maximum absolute atomic E-state index is 10.7. The van der Waals surface area contributed by atoms with E-state index in [1.54, 1.807) is 0 Å². The molecule has 0 aliphatic rings.